The third kappa shape index (κ3) is 5.91. The fraction of sp³-hybridized carbons (Fsp3) is 0.353. The number of amides is 2. The zero-order chi connectivity index (χ0) is 18.3. The summed E-state index contributed by atoms with van der Waals surface area (Å²) in [7, 11) is -2.14. The zero-order valence-corrected chi connectivity index (χ0v) is 15.1. The molecule has 0 aliphatic carbocycles. The summed E-state index contributed by atoms with van der Waals surface area (Å²) in [6, 6.07) is 9.87. The van der Waals surface area contributed by atoms with Crippen molar-refractivity contribution < 1.29 is 17.6 Å². The van der Waals surface area contributed by atoms with Gasteiger partial charge in [-0.25, -0.2) is 17.9 Å². The van der Waals surface area contributed by atoms with Crippen molar-refractivity contribution in [2.75, 3.05) is 7.05 Å². The van der Waals surface area contributed by atoms with Gasteiger partial charge < -0.3 is 15.1 Å². The van der Waals surface area contributed by atoms with Crippen molar-refractivity contribution in [3.63, 3.8) is 0 Å². The SMILES string of the molecule is CNS(=O)(=O)c1cccc(CNC(=O)NC(C)CCc2ccco2)c1. The Labute approximate surface area is 147 Å². The molecule has 3 N–H and O–H groups in total. The van der Waals surface area contributed by atoms with E-state index in [1.165, 1.54) is 19.2 Å². The standard InChI is InChI=1S/C17H23N3O4S/c1-13(8-9-15-6-4-10-24-15)20-17(21)19-12-14-5-3-7-16(11-14)25(22,23)18-2/h3-7,10-11,13,18H,8-9,12H2,1-2H3,(H2,19,20,21). The van der Waals surface area contributed by atoms with E-state index in [0.717, 1.165) is 18.6 Å². The number of hydrogen-bond acceptors (Lipinski definition) is 4. The van der Waals surface area contributed by atoms with Crippen molar-refractivity contribution >= 4 is 16.1 Å². The minimum atomic E-state index is -3.49. The Bertz CT molecular complexity index is 788. The number of nitrogens with one attached hydrogen (secondary N) is 3. The van der Waals surface area contributed by atoms with Crippen molar-refractivity contribution in [3.8, 4) is 0 Å². The molecule has 1 heterocycles. The van der Waals surface area contributed by atoms with E-state index in [1.54, 1.807) is 18.4 Å². The highest BCUT2D eigenvalue weighted by molar-refractivity contribution is 7.89. The fourth-order valence-corrected chi connectivity index (χ4v) is 3.08. The van der Waals surface area contributed by atoms with Crippen LogP contribution < -0.4 is 15.4 Å². The number of aryl methyl sites for hydroxylation is 1. The van der Waals surface area contributed by atoms with Gasteiger partial charge in [0.15, 0.2) is 0 Å². The number of rotatable bonds is 8. The summed E-state index contributed by atoms with van der Waals surface area (Å²) in [5, 5.41) is 5.58. The Hall–Kier alpha value is -2.32. The average molecular weight is 365 g/mol. The Kier molecular flexibility index (Phi) is 6.60. The summed E-state index contributed by atoms with van der Waals surface area (Å²) < 4.78 is 31.1. The molecule has 0 radical (unpaired) electrons. The van der Waals surface area contributed by atoms with E-state index in [0.29, 0.717) is 5.56 Å². The molecular formula is C17H23N3O4S. The van der Waals surface area contributed by atoms with E-state index < -0.39 is 10.0 Å². The average Bonchev–Trinajstić information content (AvgIpc) is 3.12. The van der Waals surface area contributed by atoms with E-state index in [2.05, 4.69) is 15.4 Å². The van der Waals surface area contributed by atoms with Crippen molar-refractivity contribution in [3.05, 3.63) is 54.0 Å². The van der Waals surface area contributed by atoms with Crippen LogP contribution in [0.25, 0.3) is 0 Å². The van der Waals surface area contributed by atoms with Gasteiger partial charge in [0, 0.05) is 19.0 Å². The number of benzene rings is 1. The fourth-order valence-electron chi connectivity index (χ4n) is 2.28. The molecule has 1 atom stereocenters. The molecule has 0 spiro atoms. The monoisotopic (exact) mass is 365 g/mol. The van der Waals surface area contributed by atoms with Crippen LogP contribution in [0.15, 0.2) is 52.0 Å². The molecule has 0 saturated carbocycles. The number of hydrogen-bond donors (Lipinski definition) is 3. The number of sulfonamides is 1. The molecule has 0 aliphatic rings. The maximum absolute atomic E-state index is 11.9. The molecule has 2 rings (SSSR count). The second-order valence-electron chi connectivity index (χ2n) is 5.70. The highest BCUT2D eigenvalue weighted by Gasteiger charge is 2.12. The van der Waals surface area contributed by atoms with Gasteiger partial charge in [-0.1, -0.05) is 12.1 Å². The van der Waals surface area contributed by atoms with E-state index in [4.69, 9.17) is 4.42 Å². The Balaban J connectivity index is 1.80. The predicted molar refractivity (Wildman–Crippen MR) is 94.5 cm³/mol. The second kappa shape index (κ2) is 8.68. The molecule has 136 valence electrons. The molecule has 1 aromatic carbocycles. The van der Waals surface area contributed by atoms with Gasteiger partial charge in [-0.15, -0.1) is 0 Å². The Morgan fingerprint density at radius 2 is 2.04 bits per heavy atom. The summed E-state index contributed by atoms with van der Waals surface area (Å²) in [4.78, 5) is 12.1. The topological polar surface area (TPSA) is 100 Å². The van der Waals surface area contributed by atoms with E-state index in [1.807, 2.05) is 19.1 Å². The number of furan rings is 1. The van der Waals surface area contributed by atoms with Crippen LogP contribution in [0.2, 0.25) is 0 Å². The van der Waals surface area contributed by atoms with E-state index in [-0.39, 0.29) is 23.5 Å². The number of urea groups is 1. The van der Waals surface area contributed by atoms with Crippen LogP contribution in [0, 0.1) is 0 Å². The molecule has 0 aliphatic heterocycles. The number of carbonyl (C=O) groups excluding carboxylic acids is 1. The second-order valence-corrected chi connectivity index (χ2v) is 7.59. The summed E-state index contributed by atoms with van der Waals surface area (Å²) in [6.07, 6.45) is 3.14. The molecule has 2 aromatic rings. The summed E-state index contributed by atoms with van der Waals surface area (Å²) >= 11 is 0. The smallest absolute Gasteiger partial charge is 0.315 e. The third-order valence-electron chi connectivity index (χ3n) is 3.71. The van der Waals surface area contributed by atoms with E-state index in [9.17, 15) is 13.2 Å². The lowest BCUT2D eigenvalue weighted by Gasteiger charge is -2.14. The zero-order valence-electron chi connectivity index (χ0n) is 14.3. The molecule has 7 nitrogen and oxygen atoms in total. The largest absolute Gasteiger partial charge is 0.469 e. The molecule has 0 saturated heterocycles. The van der Waals surface area contributed by atoms with Gasteiger partial charge in [-0.3, -0.25) is 0 Å². The molecule has 8 heteroatoms. The van der Waals surface area contributed by atoms with Gasteiger partial charge in [0.25, 0.3) is 0 Å². The molecule has 0 bridgehead atoms. The highest BCUT2D eigenvalue weighted by Crippen LogP contribution is 2.11. The van der Waals surface area contributed by atoms with Gasteiger partial charge >= 0.3 is 6.03 Å². The van der Waals surface area contributed by atoms with Crippen molar-refractivity contribution in [1.29, 1.82) is 0 Å². The van der Waals surface area contributed by atoms with Crippen LogP contribution in [-0.2, 0) is 23.0 Å². The van der Waals surface area contributed by atoms with Crippen LogP contribution in [-0.4, -0.2) is 27.5 Å². The minimum absolute atomic E-state index is 0.0129. The van der Waals surface area contributed by atoms with Gasteiger partial charge in [-0.05, 0) is 50.2 Å². The van der Waals surface area contributed by atoms with Gasteiger partial charge in [-0.2, -0.15) is 0 Å². The molecule has 2 amide bonds. The molecule has 1 unspecified atom stereocenters. The van der Waals surface area contributed by atoms with Crippen LogP contribution in [0.5, 0.6) is 0 Å². The normalized spacial score (nSPS) is 12.6. The molecule has 1 aromatic heterocycles. The van der Waals surface area contributed by atoms with Crippen LogP contribution in [0.4, 0.5) is 4.79 Å². The summed E-state index contributed by atoms with van der Waals surface area (Å²) in [5.74, 6) is 0.886. The molecule has 25 heavy (non-hydrogen) atoms. The van der Waals surface area contributed by atoms with Crippen molar-refractivity contribution in [2.45, 2.75) is 37.2 Å². The quantitative estimate of drug-likeness (QED) is 0.666. The van der Waals surface area contributed by atoms with Gasteiger partial charge in [0.2, 0.25) is 10.0 Å². The molecular weight excluding hydrogens is 342 g/mol. The number of carbonyl (C=O) groups is 1. The molecule has 0 fully saturated rings. The van der Waals surface area contributed by atoms with Crippen LogP contribution >= 0.6 is 0 Å². The van der Waals surface area contributed by atoms with Crippen LogP contribution in [0.1, 0.15) is 24.7 Å². The first-order chi connectivity index (χ1) is 11.9. The summed E-state index contributed by atoms with van der Waals surface area (Å²) in [6.45, 7) is 2.16. The minimum Gasteiger partial charge on any atom is -0.469 e. The van der Waals surface area contributed by atoms with Gasteiger partial charge in [0.05, 0.1) is 11.2 Å². The van der Waals surface area contributed by atoms with E-state index >= 15 is 0 Å². The lowest BCUT2D eigenvalue weighted by atomic mass is 10.1. The maximum atomic E-state index is 11.9. The Morgan fingerprint density at radius 1 is 1.24 bits per heavy atom. The highest BCUT2D eigenvalue weighted by atomic mass is 32.2. The first kappa shape index (κ1) is 19.0. The predicted octanol–water partition coefficient (Wildman–Crippen LogP) is 2.01. The Morgan fingerprint density at radius 3 is 2.72 bits per heavy atom. The maximum Gasteiger partial charge on any atom is 0.315 e. The van der Waals surface area contributed by atoms with Gasteiger partial charge in [0.1, 0.15) is 5.76 Å². The van der Waals surface area contributed by atoms with Crippen molar-refractivity contribution in [2.24, 2.45) is 0 Å². The van der Waals surface area contributed by atoms with Crippen LogP contribution in [0.3, 0.4) is 0 Å². The lowest BCUT2D eigenvalue weighted by Crippen LogP contribution is -2.40. The first-order valence-corrected chi connectivity index (χ1v) is 9.48. The van der Waals surface area contributed by atoms with Crippen molar-refractivity contribution in [1.82, 2.24) is 15.4 Å². The summed E-state index contributed by atoms with van der Waals surface area (Å²) in [5.41, 5.74) is 0.703. The third-order valence-corrected chi connectivity index (χ3v) is 5.12. The first-order valence-electron chi connectivity index (χ1n) is 8.00. The lowest BCUT2D eigenvalue weighted by molar-refractivity contribution is 0.236.